The van der Waals surface area contributed by atoms with E-state index in [2.05, 4.69) is 12.2 Å². The smallest absolute Gasteiger partial charge is 0.243 e. The summed E-state index contributed by atoms with van der Waals surface area (Å²) >= 11 is 0. The largest absolute Gasteiger partial charge is 0.312 e. The summed E-state index contributed by atoms with van der Waals surface area (Å²) in [6.07, 6.45) is 2.06. The molecule has 1 aliphatic rings. The van der Waals surface area contributed by atoms with Crippen LogP contribution in [0, 0.1) is 0 Å². The van der Waals surface area contributed by atoms with E-state index in [1.807, 2.05) is 19.1 Å². The molecule has 2 rings (SSSR count). The highest BCUT2D eigenvalue weighted by atomic mass is 32.2. The van der Waals surface area contributed by atoms with Crippen LogP contribution in [0.25, 0.3) is 0 Å². The van der Waals surface area contributed by atoms with Gasteiger partial charge in [-0.3, -0.25) is 0 Å². The lowest BCUT2D eigenvalue weighted by molar-refractivity contribution is 0.310. The molecule has 0 saturated carbocycles. The van der Waals surface area contributed by atoms with Gasteiger partial charge in [0.2, 0.25) is 10.0 Å². The van der Waals surface area contributed by atoms with E-state index in [0.717, 1.165) is 12.8 Å². The lowest BCUT2D eigenvalue weighted by Gasteiger charge is -2.31. The van der Waals surface area contributed by atoms with E-state index in [1.54, 1.807) is 16.4 Å². The molecule has 0 aliphatic carbocycles. The molecule has 1 fully saturated rings. The number of hydrogen-bond acceptors (Lipinski definition) is 3. The average molecular weight is 282 g/mol. The Hall–Kier alpha value is -0.910. The summed E-state index contributed by atoms with van der Waals surface area (Å²) in [4.78, 5) is 0.404. The van der Waals surface area contributed by atoms with Gasteiger partial charge in [-0.15, -0.1) is 0 Å². The lowest BCUT2D eigenvalue weighted by Crippen LogP contribution is -2.51. The van der Waals surface area contributed by atoms with E-state index in [0.29, 0.717) is 24.5 Å². The number of piperazine rings is 1. The molecule has 0 radical (unpaired) electrons. The molecule has 1 saturated heterocycles. The Labute approximate surface area is 115 Å². The summed E-state index contributed by atoms with van der Waals surface area (Å²) in [6, 6.07) is 7.51. The molecule has 5 heteroatoms. The molecule has 0 bridgehead atoms. The van der Waals surface area contributed by atoms with Crippen molar-refractivity contribution in [1.82, 2.24) is 9.62 Å². The van der Waals surface area contributed by atoms with Crippen molar-refractivity contribution in [1.29, 1.82) is 0 Å². The molecule has 1 heterocycles. The normalized spacial score (nSPS) is 21.5. The first kappa shape index (κ1) is 14.5. The number of nitrogens with one attached hydrogen (secondary N) is 1. The van der Waals surface area contributed by atoms with Gasteiger partial charge in [-0.25, -0.2) is 8.42 Å². The van der Waals surface area contributed by atoms with E-state index in [-0.39, 0.29) is 6.04 Å². The molecule has 1 atom stereocenters. The van der Waals surface area contributed by atoms with E-state index < -0.39 is 10.0 Å². The summed E-state index contributed by atoms with van der Waals surface area (Å²) < 4.78 is 26.6. The van der Waals surface area contributed by atoms with Crippen molar-refractivity contribution in [2.45, 2.75) is 37.6 Å². The molecular weight excluding hydrogens is 260 g/mol. The number of aryl methyl sites for hydroxylation is 1. The third kappa shape index (κ3) is 3.35. The quantitative estimate of drug-likeness (QED) is 0.913. The van der Waals surface area contributed by atoms with Gasteiger partial charge >= 0.3 is 0 Å². The van der Waals surface area contributed by atoms with Gasteiger partial charge in [-0.2, -0.15) is 4.31 Å². The van der Waals surface area contributed by atoms with E-state index in [1.165, 1.54) is 5.56 Å². The first-order valence-electron chi connectivity index (χ1n) is 6.86. The summed E-state index contributed by atoms with van der Waals surface area (Å²) in [5.74, 6) is 0. The highest BCUT2D eigenvalue weighted by Gasteiger charge is 2.28. The van der Waals surface area contributed by atoms with Gasteiger partial charge in [0.15, 0.2) is 0 Å². The first-order valence-corrected chi connectivity index (χ1v) is 8.30. The molecule has 106 valence electrons. The van der Waals surface area contributed by atoms with Gasteiger partial charge in [-0.05, 0) is 31.0 Å². The summed E-state index contributed by atoms with van der Waals surface area (Å²) in [5, 5.41) is 3.26. The summed E-state index contributed by atoms with van der Waals surface area (Å²) in [6.45, 7) is 5.93. The number of benzene rings is 1. The molecule has 1 aliphatic heterocycles. The van der Waals surface area contributed by atoms with Crippen LogP contribution in [0.3, 0.4) is 0 Å². The van der Waals surface area contributed by atoms with Gasteiger partial charge in [0.25, 0.3) is 0 Å². The van der Waals surface area contributed by atoms with Crippen molar-refractivity contribution in [3.63, 3.8) is 0 Å². The van der Waals surface area contributed by atoms with E-state index in [9.17, 15) is 8.42 Å². The number of nitrogens with zero attached hydrogens (tertiary/aromatic N) is 1. The molecule has 0 amide bonds. The minimum atomic E-state index is -3.33. The van der Waals surface area contributed by atoms with Crippen LogP contribution >= 0.6 is 0 Å². The van der Waals surface area contributed by atoms with Gasteiger partial charge in [0, 0.05) is 25.7 Å². The fraction of sp³-hybridized carbons (Fsp3) is 0.571. The fourth-order valence-corrected chi connectivity index (χ4v) is 3.91. The van der Waals surface area contributed by atoms with Crippen molar-refractivity contribution in [2.75, 3.05) is 19.6 Å². The van der Waals surface area contributed by atoms with Crippen LogP contribution in [-0.2, 0) is 16.4 Å². The summed E-state index contributed by atoms with van der Waals surface area (Å²) in [5.41, 5.74) is 1.19. The second-order valence-corrected chi connectivity index (χ2v) is 7.05. The maximum atomic E-state index is 12.5. The fourth-order valence-electron chi connectivity index (χ4n) is 2.38. The minimum Gasteiger partial charge on any atom is -0.312 e. The highest BCUT2D eigenvalue weighted by molar-refractivity contribution is 7.89. The summed E-state index contributed by atoms with van der Waals surface area (Å²) in [7, 11) is -3.33. The van der Waals surface area contributed by atoms with Crippen LogP contribution < -0.4 is 5.32 Å². The molecular formula is C14H22N2O2S. The third-order valence-corrected chi connectivity index (χ3v) is 5.31. The Morgan fingerprint density at radius 1 is 1.32 bits per heavy atom. The van der Waals surface area contributed by atoms with E-state index >= 15 is 0 Å². The van der Waals surface area contributed by atoms with Gasteiger partial charge in [-0.1, -0.05) is 25.5 Å². The van der Waals surface area contributed by atoms with Crippen LogP contribution in [0.4, 0.5) is 0 Å². The average Bonchev–Trinajstić information content (AvgIpc) is 2.40. The zero-order valence-corrected chi connectivity index (χ0v) is 12.4. The van der Waals surface area contributed by atoms with Crippen molar-refractivity contribution < 1.29 is 8.42 Å². The molecule has 1 aromatic rings. The number of hydrogen-bond donors (Lipinski definition) is 1. The predicted octanol–water partition coefficient (Wildman–Crippen LogP) is 1.62. The van der Waals surface area contributed by atoms with Crippen LogP contribution in [-0.4, -0.2) is 38.4 Å². The van der Waals surface area contributed by atoms with Crippen LogP contribution in [0.15, 0.2) is 29.2 Å². The third-order valence-electron chi connectivity index (χ3n) is 3.43. The van der Waals surface area contributed by atoms with Crippen molar-refractivity contribution >= 4 is 10.0 Å². The zero-order chi connectivity index (χ0) is 13.9. The van der Waals surface area contributed by atoms with Gasteiger partial charge in [0.05, 0.1) is 4.90 Å². The van der Waals surface area contributed by atoms with Crippen molar-refractivity contribution in [3.05, 3.63) is 29.8 Å². The maximum absolute atomic E-state index is 12.5. The Bertz CT molecular complexity index is 511. The zero-order valence-electron chi connectivity index (χ0n) is 11.6. The Morgan fingerprint density at radius 3 is 2.58 bits per heavy atom. The maximum Gasteiger partial charge on any atom is 0.243 e. The van der Waals surface area contributed by atoms with Crippen molar-refractivity contribution in [3.8, 4) is 0 Å². The van der Waals surface area contributed by atoms with Crippen LogP contribution in [0.2, 0.25) is 0 Å². The van der Waals surface area contributed by atoms with Crippen LogP contribution in [0.1, 0.15) is 25.8 Å². The Kier molecular flexibility index (Phi) is 4.60. The standard InChI is InChI=1S/C14H22N2O2S/c1-3-4-13-5-7-14(8-6-13)19(17,18)16-10-9-15-12(2)11-16/h5-8,12,15H,3-4,9-11H2,1-2H3/t12-/m1/s1. The number of sulfonamides is 1. The molecule has 0 aromatic heterocycles. The van der Waals surface area contributed by atoms with Crippen LogP contribution in [0.5, 0.6) is 0 Å². The van der Waals surface area contributed by atoms with Crippen molar-refractivity contribution in [2.24, 2.45) is 0 Å². The van der Waals surface area contributed by atoms with Gasteiger partial charge < -0.3 is 5.32 Å². The Balaban J connectivity index is 2.18. The molecule has 1 aromatic carbocycles. The van der Waals surface area contributed by atoms with Gasteiger partial charge in [0.1, 0.15) is 0 Å². The second kappa shape index (κ2) is 6.03. The Morgan fingerprint density at radius 2 is 2.00 bits per heavy atom. The lowest BCUT2D eigenvalue weighted by atomic mass is 10.1. The molecule has 0 spiro atoms. The second-order valence-electron chi connectivity index (χ2n) is 5.11. The first-order chi connectivity index (χ1) is 9.04. The predicted molar refractivity (Wildman–Crippen MR) is 76.7 cm³/mol. The molecule has 19 heavy (non-hydrogen) atoms. The molecule has 4 nitrogen and oxygen atoms in total. The topological polar surface area (TPSA) is 49.4 Å². The minimum absolute atomic E-state index is 0.211. The molecule has 0 unspecified atom stereocenters. The monoisotopic (exact) mass is 282 g/mol. The number of rotatable bonds is 4. The SMILES string of the molecule is CCCc1ccc(S(=O)(=O)N2CCN[C@H](C)C2)cc1. The molecule has 1 N–H and O–H groups in total. The highest BCUT2D eigenvalue weighted by Crippen LogP contribution is 2.18. The van der Waals surface area contributed by atoms with E-state index in [4.69, 9.17) is 0 Å².